The van der Waals surface area contributed by atoms with E-state index in [1.165, 1.54) is 4.90 Å². The number of ether oxygens (including phenoxy) is 2. The van der Waals surface area contributed by atoms with Gasteiger partial charge in [-0.1, -0.05) is 24.3 Å². The lowest BCUT2D eigenvalue weighted by Crippen LogP contribution is -2.30. The zero-order valence-corrected chi connectivity index (χ0v) is 17.6. The highest BCUT2D eigenvalue weighted by Gasteiger charge is 2.13. The van der Waals surface area contributed by atoms with Gasteiger partial charge in [-0.25, -0.2) is 4.98 Å². The summed E-state index contributed by atoms with van der Waals surface area (Å²) in [6.45, 7) is 2.56. The molecule has 0 aliphatic heterocycles. The van der Waals surface area contributed by atoms with Gasteiger partial charge < -0.3 is 19.4 Å². The molecule has 0 bridgehead atoms. The fourth-order valence-corrected chi connectivity index (χ4v) is 3.02. The molecule has 0 spiro atoms. The third-order valence-electron chi connectivity index (χ3n) is 4.66. The Kier molecular flexibility index (Phi) is 7.37. The normalized spacial score (nSPS) is 10.6. The molecule has 0 aliphatic rings. The number of hydrogen-bond acceptors (Lipinski definition) is 6. The van der Waals surface area contributed by atoms with Gasteiger partial charge in [0, 0.05) is 20.0 Å². The number of rotatable bonds is 9. The topological polar surface area (TPSA) is 102 Å². The van der Waals surface area contributed by atoms with Crippen molar-refractivity contribution in [3.05, 3.63) is 70.3 Å². The SMILES string of the molecule is CCOc1ccc(CN(C)C(=O)COC(=O)CCc2nc3ccccc3c(=O)[nH]2)cc1. The van der Waals surface area contributed by atoms with E-state index in [1.807, 2.05) is 31.2 Å². The van der Waals surface area contributed by atoms with Gasteiger partial charge >= 0.3 is 5.97 Å². The molecule has 8 nitrogen and oxygen atoms in total. The van der Waals surface area contributed by atoms with Crippen molar-refractivity contribution in [2.75, 3.05) is 20.3 Å². The lowest BCUT2D eigenvalue weighted by atomic mass is 10.2. The molecule has 162 valence electrons. The maximum atomic E-state index is 12.3. The Labute approximate surface area is 179 Å². The number of aromatic amines is 1. The highest BCUT2D eigenvalue weighted by Crippen LogP contribution is 2.13. The zero-order valence-electron chi connectivity index (χ0n) is 17.6. The molecular formula is C23H25N3O5. The standard InChI is InChI=1S/C23H25N3O5/c1-3-30-17-10-8-16(9-11-17)14-26(2)21(27)15-31-22(28)13-12-20-24-19-7-5-4-6-18(19)23(29)25-20/h4-11H,3,12-15H2,1-2H3,(H,24,25,29). The summed E-state index contributed by atoms with van der Waals surface area (Å²) in [7, 11) is 1.65. The smallest absolute Gasteiger partial charge is 0.306 e. The second-order valence-electron chi connectivity index (χ2n) is 7.02. The first-order chi connectivity index (χ1) is 15.0. The second kappa shape index (κ2) is 10.4. The first kappa shape index (κ1) is 22.0. The average molecular weight is 423 g/mol. The maximum absolute atomic E-state index is 12.3. The molecule has 3 aromatic rings. The first-order valence-electron chi connectivity index (χ1n) is 10.1. The Morgan fingerprint density at radius 3 is 2.58 bits per heavy atom. The van der Waals surface area contributed by atoms with Crippen molar-refractivity contribution in [3.63, 3.8) is 0 Å². The van der Waals surface area contributed by atoms with Crippen LogP contribution in [0.4, 0.5) is 0 Å². The Balaban J connectivity index is 1.45. The molecule has 0 radical (unpaired) electrons. The molecule has 1 aromatic heterocycles. The molecule has 0 aliphatic carbocycles. The van der Waals surface area contributed by atoms with Gasteiger partial charge in [0.15, 0.2) is 6.61 Å². The predicted molar refractivity (Wildman–Crippen MR) is 116 cm³/mol. The molecule has 31 heavy (non-hydrogen) atoms. The molecule has 1 amide bonds. The van der Waals surface area contributed by atoms with E-state index in [2.05, 4.69) is 9.97 Å². The summed E-state index contributed by atoms with van der Waals surface area (Å²) in [6, 6.07) is 14.5. The number of esters is 1. The number of H-pyrrole nitrogens is 1. The summed E-state index contributed by atoms with van der Waals surface area (Å²) >= 11 is 0. The van der Waals surface area contributed by atoms with Crippen LogP contribution in [0.25, 0.3) is 10.9 Å². The fraction of sp³-hybridized carbons (Fsp3) is 0.304. The number of nitrogens with zero attached hydrogens (tertiary/aromatic N) is 2. The minimum atomic E-state index is -0.529. The largest absolute Gasteiger partial charge is 0.494 e. The van der Waals surface area contributed by atoms with Crippen molar-refractivity contribution in [1.29, 1.82) is 0 Å². The van der Waals surface area contributed by atoms with Crippen LogP contribution in [0.15, 0.2) is 53.3 Å². The van der Waals surface area contributed by atoms with Gasteiger partial charge in [0.25, 0.3) is 11.5 Å². The second-order valence-corrected chi connectivity index (χ2v) is 7.02. The van der Waals surface area contributed by atoms with Gasteiger partial charge in [0.1, 0.15) is 11.6 Å². The van der Waals surface area contributed by atoms with Gasteiger partial charge in [-0.3, -0.25) is 14.4 Å². The number of fused-ring (bicyclic) bond motifs is 1. The predicted octanol–water partition coefficient (Wildman–Crippen LogP) is 2.46. The molecule has 2 aromatic carbocycles. The summed E-state index contributed by atoms with van der Waals surface area (Å²) in [4.78, 5) is 44.8. The molecule has 0 saturated carbocycles. The van der Waals surface area contributed by atoms with Gasteiger partial charge in [-0.15, -0.1) is 0 Å². The Morgan fingerprint density at radius 2 is 1.84 bits per heavy atom. The van der Waals surface area contributed by atoms with Crippen molar-refractivity contribution >= 4 is 22.8 Å². The van der Waals surface area contributed by atoms with Crippen molar-refractivity contribution in [2.45, 2.75) is 26.3 Å². The van der Waals surface area contributed by atoms with Crippen LogP contribution < -0.4 is 10.3 Å². The number of nitrogens with one attached hydrogen (secondary N) is 1. The molecule has 0 saturated heterocycles. The van der Waals surface area contributed by atoms with E-state index in [0.717, 1.165) is 11.3 Å². The highest BCUT2D eigenvalue weighted by molar-refractivity contribution is 5.80. The minimum Gasteiger partial charge on any atom is -0.494 e. The molecule has 0 unspecified atom stereocenters. The van der Waals surface area contributed by atoms with E-state index in [9.17, 15) is 14.4 Å². The van der Waals surface area contributed by atoms with Crippen LogP contribution in [0.1, 0.15) is 24.7 Å². The number of aryl methyl sites for hydroxylation is 1. The summed E-state index contributed by atoms with van der Waals surface area (Å²) in [5.74, 6) is 0.342. The van der Waals surface area contributed by atoms with E-state index >= 15 is 0 Å². The van der Waals surface area contributed by atoms with Crippen LogP contribution in [0, 0.1) is 0 Å². The highest BCUT2D eigenvalue weighted by atomic mass is 16.5. The van der Waals surface area contributed by atoms with Crippen molar-refractivity contribution in [2.24, 2.45) is 0 Å². The van der Waals surface area contributed by atoms with Gasteiger partial charge in [-0.2, -0.15) is 0 Å². The monoisotopic (exact) mass is 423 g/mol. The molecule has 8 heteroatoms. The summed E-state index contributed by atoms with van der Waals surface area (Å²) < 4.78 is 10.5. The molecule has 3 rings (SSSR count). The maximum Gasteiger partial charge on any atom is 0.306 e. The van der Waals surface area contributed by atoms with Crippen molar-refractivity contribution in [1.82, 2.24) is 14.9 Å². The Hall–Kier alpha value is -3.68. The summed E-state index contributed by atoms with van der Waals surface area (Å²) in [5, 5.41) is 0.495. The third kappa shape index (κ3) is 6.15. The van der Waals surface area contributed by atoms with Crippen LogP contribution in [0.2, 0.25) is 0 Å². The van der Waals surface area contributed by atoms with Gasteiger partial charge in [0.05, 0.1) is 23.9 Å². The van der Waals surface area contributed by atoms with E-state index in [-0.39, 0.29) is 30.9 Å². The van der Waals surface area contributed by atoms with Crippen molar-refractivity contribution in [3.8, 4) is 5.75 Å². The fourth-order valence-electron chi connectivity index (χ4n) is 3.02. The third-order valence-corrected chi connectivity index (χ3v) is 4.66. The number of benzene rings is 2. The zero-order chi connectivity index (χ0) is 22.2. The van der Waals surface area contributed by atoms with E-state index < -0.39 is 5.97 Å². The van der Waals surface area contributed by atoms with Crippen LogP contribution >= 0.6 is 0 Å². The van der Waals surface area contributed by atoms with E-state index in [1.54, 1.807) is 31.3 Å². The molecular weight excluding hydrogens is 398 g/mol. The molecule has 1 N–H and O–H groups in total. The van der Waals surface area contributed by atoms with Gasteiger partial charge in [-0.05, 0) is 36.8 Å². The van der Waals surface area contributed by atoms with Gasteiger partial charge in [0.2, 0.25) is 0 Å². The van der Waals surface area contributed by atoms with Crippen LogP contribution in [0.5, 0.6) is 5.75 Å². The summed E-state index contributed by atoms with van der Waals surface area (Å²) in [6.07, 6.45) is 0.228. The minimum absolute atomic E-state index is 0.0111. The number of carbonyl (C=O) groups is 2. The van der Waals surface area contributed by atoms with E-state index in [0.29, 0.717) is 29.9 Å². The number of amides is 1. The quantitative estimate of drug-likeness (QED) is 0.531. The summed E-state index contributed by atoms with van der Waals surface area (Å²) in [5.41, 5.74) is 1.26. The average Bonchev–Trinajstić information content (AvgIpc) is 2.77. The number of para-hydroxylation sites is 1. The first-order valence-corrected chi connectivity index (χ1v) is 10.1. The number of hydrogen-bond donors (Lipinski definition) is 1. The molecule has 0 atom stereocenters. The molecule has 0 fully saturated rings. The van der Waals surface area contributed by atoms with E-state index in [4.69, 9.17) is 9.47 Å². The van der Waals surface area contributed by atoms with Crippen LogP contribution in [-0.4, -0.2) is 47.0 Å². The lowest BCUT2D eigenvalue weighted by Gasteiger charge is -2.17. The van der Waals surface area contributed by atoms with Crippen molar-refractivity contribution < 1.29 is 19.1 Å². The number of carbonyl (C=O) groups excluding carboxylic acids is 2. The Morgan fingerprint density at radius 1 is 1.10 bits per heavy atom. The number of aromatic nitrogens is 2. The van der Waals surface area contributed by atoms with Crippen LogP contribution in [0.3, 0.4) is 0 Å². The lowest BCUT2D eigenvalue weighted by molar-refractivity contribution is -0.151. The van der Waals surface area contributed by atoms with Crippen LogP contribution in [-0.2, 0) is 27.3 Å². The Bertz CT molecular complexity index is 1110. The molecule has 1 heterocycles. The number of likely N-dealkylation sites (N-methyl/N-ethyl adjacent to an activating group) is 1.